The molecule has 2 aromatic rings. The van der Waals surface area contributed by atoms with Crippen LogP contribution in [0.1, 0.15) is 11.1 Å². The first-order valence-electron chi connectivity index (χ1n) is 6.49. The minimum Gasteiger partial charge on any atom is -0.370 e. The van der Waals surface area contributed by atoms with Crippen molar-refractivity contribution < 1.29 is 0 Å². The Labute approximate surface area is 133 Å². The van der Waals surface area contributed by atoms with Crippen LogP contribution in [0.25, 0.3) is 0 Å². The van der Waals surface area contributed by atoms with E-state index in [2.05, 4.69) is 63.5 Å². The maximum absolute atomic E-state index is 6.31. The van der Waals surface area contributed by atoms with Gasteiger partial charge in [0.05, 0.1) is 0 Å². The van der Waals surface area contributed by atoms with Crippen molar-refractivity contribution in [2.24, 2.45) is 0 Å². The highest BCUT2D eigenvalue weighted by molar-refractivity contribution is 9.10. The van der Waals surface area contributed by atoms with E-state index in [0.717, 1.165) is 33.8 Å². The molecule has 4 heteroatoms. The van der Waals surface area contributed by atoms with Crippen molar-refractivity contribution >= 4 is 33.2 Å². The SMILES string of the molecule is CNCc1ccc(N(C)Cc2cccc(Br)c2)cc1Cl. The molecule has 0 aliphatic rings. The maximum atomic E-state index is 6.31. The van der Waals surface area contributed by atoms with Gasteiger partial charge in [0.1, 0.15) is 0 Å². The van der Waals surface area contributed by atoms with E-state index in [-0.39, 0.29) is 0 Å². The predicted octanol–water partition coefficient (Wildman–Crippen LogP) is 4.46. The van der Waals surface area contributed by atoms with Gasteiger partial charge in [-0.15, -0.1) is 0 Å². The number of anilines is 1. The largest absolute Gasteiger partial charge is 0.370 e. The molecule has 0 amide bonds. The molecule has 2 nitrogen and oxygen atoms in total. The molecule has 2 rings (SSSR count). The van der Waals surface area contributed by atoms with Crippen molar-refractivity contribution in [2.75, 3.05) is 19.0 Å². The second kappa shape index (κ2) is 7.11. The van der Waals surface area contributed by atoms with Gasteiger partial charge < -0.3 is 10.2 Å². The molecule has 0 fully saturated rings. The predicted molar refractivity (Wildman–Crippen MR) is 90.5 cm³/mol. The second-order valence-electron chi connectivity index (χ2n) is 4.79. The lowest BCUT2D eigenvalue weighted by Gasteiger charge is -2.20. The van der Waals surface area contributed by atoms with E-state index in [1.165, 1.54) is 5.56 Å². The third-order valence-electron chi connectivity index (χ3n) is 3.15. The van der Waals surface area contributed by atoms with Crippen LogP contribution in [0.15, 0.2) is 46.9 Å². The average Bonchev–Trinajstić information content (AvgIpc) is 2.41. The summed E-state index contributed by atoms with van der Waals surface area (Å²) in [5, 5.41) is 3.92. The van der Waals surface area contributed by atoms with Gasteiger partial charge in [0, 0.05) is 35.3 Å². The fraction of sp³-hybridized carbons (Fsp3) is 0.250. The van der Waals surface area contributed by atoms with Crippen LogP contribution >= 0.6 is 27.5 Å². The van der Waals surface area contributed by atoms with Crippen LogP contribution in [-0.2, 0) is 13.1 Å². The zero-order valence-corrected chi connectivity index (χ0v) is 14.0. The first-order valence-corrected chi connectivity index (χ1v) is 7.66. The summed E-state index contributed by atoms with van der Waals surface area (Å²) in [6.07, 6.45) is 0. The van der Waals surface area contributed by atoms with E-state index in [1.54, 1.807) is 0 Å². The number of rotatable bonds is 5. The van der Waals surface area contributed by atoms with Gasteiger partial charge in [0.2, 0.25) is 0 Å². The van der Waals surface area contributed by atoms with Gasteiger partial charge in [-0.3, -0.25) is 0 Å². The summed E-state index contributed by atoms with van der Waals surface area (Å²) < 4.78 is 1.10. The summed E-state index contributed by atoms with van der Waals surface area (Å²) in [5.74, 6) is 0. The van der Waals surface area contributed by atoms with E-state index in [0.29, 0.717) is 0 Å². The van der Waals surface area contributed by atoms with Crippen molar-refractivity contribution in [3.63, 3.8) is 0 Å². The number of halogens is 2. The Hall–Kier alpha value is -1.03. The van der Waals surface area contributed by atoms with Crippen LogP contribution in [0.5, 0.6) is 0 Å². The molecule has 0 spiro atoms. The first-order chi connectivity index (χ1) is 9.60. The smallest absolute Gasteiger partial charge is 0.0471 e. The van der Waals surface area contributed by atoms with Gasteiger partial charge in [-0.05, 0) is 42.4 Å². The fourth-order valence-electron chi connectivity index (χ4n) is 2.11. The van der Waals surface area contributed by atoms with Crippen LogP contribution in [0.2, 0.25) is 5.02 Å². The van der Waals surface area contributed by atoms with Gasteiger partial charge >= 0.3 is 0 Å². The van der Waals surface area contributed by atoms with Crippen molar-refractivity contribution in [2.45, 2.75) is 13.1 Å². The molecule has 0 radical (unpaired) electrons. The standard InChI is InChI=1S/C16H18BrClN2/c1-19-10-13-6-7-15(9-16(13)18)20(2)11-12-4-3-5-14(17)8-12/h3-9,19H,10-11H2,1-2H3. The van der Waals surface area contributed by atoms with Crippen molar-refractivity contribution in [3.05, 3.63) is 63.1 Å². The summed E-state index contributed by atoms with van der Waals surface area (Å²) >= 11 is 9.81. The number of hydrogen-bond donors (Lipinski definition) is 1. The van der Waals surface area contributed by atoms with Crippen LogP contribution in [0.3, 0.4) is 0 Å². The quantitative estimate of drug-likeness (QED) is 0.854. The lowest BCUT2D eigenvalue weighted by Crippen LogP contribution is -2.16. The van der Waals surface area contributed by atoms with E-state index < -0.39 is 0 Å². The Bertz CT molecular complexity index is 586. The van der Waals surface area contributed by atoms with E-state index >= 15 is 0 Å². The van der Waals surface area contributed by atoms with E-state index in [4.69, 9.17) is 11.6 Å². The number of hydrogen-bond acceptors (Lipinski definition) is 2. The summed E-state index contributed by atoms with van der Waals surface area (Å²) in [6, 6.07) is 14.5. The molecular formula is C16H18BrClN2. The molecule has 20 heavy (non-hydrogen) atoms. The monoisotopic (exact) mass is 352 g/mol. The molecule has 0 unspecified atom stereocenters. The Morgan fingerprint density at radius 3 is 2.65 bits per heavy atom. The number of benzene rings is 2. The average molecular weight is 354 g/mol. The molecule has 0 atom stereocenters. The summed E-state index contributed by atoms with van der Waals surface area (Å²) in [6.45, 7) is 1.63. The summed E-state index contributed by atoms with van der Waals surface area (Å²) in [4.78, 5) is 2.19. The maximum Gasteiger partial charge on any atom is 0.0471 e. The molecule has 0 aromatic heterocycles. The number of nitrogens with zero attached hydrogens (tertiary/aromatic N) is 1. The molecule has 1 N–H and O–H groups in total. The highest BCUT2D eigenvalue weighted by atomic mass is 79.9. The molecule has 0 saturated heterocycles. The zero-order chi connectivity index (χ0) is 14.5. The Morgan fingerprint density at radius 2 is 2.00 bits per heavy atom. The van der Waals surface area contributed by atoms with Crippen LogP contribution < -0.4 is 10.2 Å². The third-order valence-corrected chi connectivity index (χ3v) is 4.00. The molecule has 106 valence electrons. The van der Waals surface area contributed by atoms with Gasteiger partial charge in [-0.25, -0.2) is 0 Å². The molecule has 0 heterocycles. The fourth-order valence-corrected chi connectivity index (χ4v) is 2.80. The molecular weight excluding hydrogens is 336 g/mol. The molecule has 2 aromatic carbocycles. The Kier molecular flexibility index (Phi) is 5.46. The zero-order valence-electron chi connectivity index (χ0n) is 11.7. The molecule has 0 aliphatic carbocycles. The number of nitrogens with one attached hydrogen (secondary N) is 1. The normalized spacial score (nSPS) is 10.6. The summed E-state index contributed by atoms with van der Waals surface area (Å²) in [5.41, 5.74) is 3.50. The van der Waals surface area contributed by atoms with Gasteiger partial charge in [0.25, 0.3) is 0 Å². The van der Waals surface area contributed by atoms with Gasteiger partial charge in [-0.2, -0.15) is 0 Å². The van der Waals surface area contributed by atoms with Crippen LogP contribution in [-0.4, -0.2) is 14.1 Å². The highest BCUT2D eigenvalue weighted by Crippen LogP contribution is 2.24. The lowest BCUT2D eigenvalue weighted by molar-refractivity contribution is 0.817. The van der Waals surface area contributed by atoms with Crippen LogP contribution in [0, 0.1) is 0 Å². The molecule has 0 aliphatic heterocycles. The van der Waals surface area contributed by atoms with E-state index in [9.17, 15) is 0 Å². The van der Waals surface area contributed by atoms with Gasteiger partial charge in [-0.1, -0.05) is 45.7 Å². The first kappa shape index (κ1) is 15.4. The Morgan fingerprint density at radius 1 is 1.20 bits per heavy atom. The minimum absolute atomic E-state index is 0.786. The minimum atomic E-state index is 0.786. The third kappa shape index (κ3) is 3.98. The topological polar surface area (TPSA) is 15.3 Å². The van der Waals surface area contributed by atoms with Crippen molar-refractivity contribution in [1.82, 2.24) is 5.32 Å². The molecule has 0 saturated carbocycles. The second-order valence-corrected chi connectivity index (χ2v) is 6.11. The Balaban J connectivity index is 2.13. The van der Waals surface area contributed by atoms with Gasteiger partial charge in [0.15, 0.2) is 0 Å². The lowest BCUT2D eigenvalue weighted by atomic mass is 10.1. The molecule has 0 bridgehead atoms. The highest BCUT2D eigenvalue weighted by Gasteiger charge is 2.06. The van der Waals surface area contributed by atoms with E-state index in [1.807, 2.05) is 19.2 Å². The van der Waals surface area contributed by atoms with Crippen molar-refractivity contribution in [3.8, 4) is 0 Å². The van der Waals surface area contributed by atoms with Crippen molar-refractivity contribution in [1.29, 1.82) is 0 Å². The van der Waals surface area contributed by atoms with Crippen LogP contribution in [0.4, 0.5) is 5.69 Å². The summed E-state index contributed by atoms with van der Waals surface area (Å²) in [7, 11) is 3.99.